The lowest BCUT2D eigenvalue weighted by Crippen LogP contribution is -2.40. The molecule has 0 fully saturated rings. The summed E-state index contributed by atoms with van der Waals surface area (Å²) in [5.74, 6) is 4.37. The lowest BCUT2D eigenvalue weighted by molar-refractivity contribution is -0.133. The Labute approximate surface area is 82.6 Å². The summed E-state index contributed by atoms with van der Waals surface area (Å²) in [6.07, 6.45) is 3.21. The number of nitrogens with two attached hydrogens (primary N) is 1. The molecule has 0 bridgehead atoms. The fourth-order valence-corrected chi connectivity index (χ4v) is 1.56. The molecule has 0 aliphatic rings. The Morgan fingerprint density at radius 2 is 2.15 bits per heavy atom. The summed E-state index contributed by atoms with van der Waals surface area (Å²) in [4.78, 5) is 22.5. The topological polar surface area (TPSA) is 72.2 Å². The quantitative estimate of drug-likeness (QED) is 0.283. The molecule has 1 unspecified atom stereocenters. The van der Waals surface area contributed by atoms with Crippen LogP contribution in [0.15, 0.2) is 0 Å². The largest absolute Gasteiger partial charge is 0.298 e. The normalized spacial score (nSPS) is 12.2. The maximum atomic E-state index is 11.4. The van der Waals surface area contributed by atoms with E-state index >= 15 is 0 Å². The fourth-order valence-electron chi connectivity index (χ4n) is 1.07. The van der Waals surface area contributed by atoms with Gasteiger partial charge in [-0.05, 0) is 12.7 Å². The van der Waals surface area contributed by atoms with Gasteiger partial charge in [0.05, 0.1) is 11.7 Å². The van der Waals surface area contributed by atoms with Crippen LogP contribution in [-0.4, -0.2) is 23.7 Å². The van der Waals surface area contributed by atoms with Crippen molar-refractivity contribution >= 4 is 23.5 Å². The first kappa shape index (κ1) is 12.4. The van der Waals surface area contributed by atoms with E-state index in [0.29, 0.717) is 12.2 Å². The van der Waals surface area contributed by atoms with Crippen molar-refractivity contribution in [3.05, 3.63) is 0 Å². The minimum absolute atomic E-state index is 0.0442. The molecule has 0 radical (unpaired) electrons. The van der Waals surface area contributed by atoms with Crippen LogP contribution in [0.2, 0.25) is 0 Å². The summed E-state index contributed by atoms with van der Waals surface area (Å²) in [7, 11) is 0. The Kier molecular flexibility index (Phi) is 6.62. The second kappa shape index (κ2) is 6.91. The first-order valence-corrected chi connectivity index (χ1v) is 5.58. The van der Waals surface area contributed by atoms with Gasteiger partial charge in [0.15, 0.2) is 5.78 Å². The van der Waals surface area contributed by atoms with E-state index in [1.54, 1.807) is 0 Å². The van der Waals surface area contributed by atoms with E-state index in [9.17, 15) is 9.59 Å². The van der Waals surface area contributed by atoms with Gasteiger partial charge in [-0.15, -0.1) is 0 Å². The number of ketones is 1. The molecule has 0 aromatic rings. The summed E-state index contributed by atoms with van der Waals surface area (Å²) < 4.78 is 0. The van der Waals surface area contributed by atoms with Crippen LogP contribution in [0, 0.1) is 5.92 Å². The van der Waals surface area contributed by atoms with Gasteiger partial charge in [0.25, 0.3) is 0 Å². The molecule has 0 heterocycles. The number of hydrogen-bond donors (Lipinski definition) is 2. The number of rotatable bonds is 6. The lowest BCUT2D eigenvalue weighted by atomic mass is 9.99. The molecule has 4 nitrogen and oxygen atoms in total. The van der Waals surface area contributed by atoms with Crippen LogP contribution in [0.25, 0.3) is 0 Å². The Morgan fingerprint density at radius 3 is 2.54 bits per heavy atom. The van der Waals surface area contributed by atoms with Crippen LogP contribution in [0.5, 0.6) is 0 Å². The van der Waals surface area contributed by atoms with E-state index in [1.807, 2.05) is 18.6 Å². The maximum Gasteiger partial charge on any atom is 0.244 e. The molecule has 3 N–H and O–H groups in total. The van der Waals surface area contributed by atoms with Gasteiger partial charge in [0.1, 0.15) is 0 Å². The zero-order chi connectivity index (χ0) is 10.3. The maximum absolute atomic E-state index is 11.4. The van der Waals surface area contributed by atoms with Gasteiger partial charge in [0, 0.05) is 0 Å². The summed E-state index contributed by atoms with van der Waals surface area (Å²) in [6.45, 7) is 1.93. The molecule has 0 aromatic carbocycles. The number of thioether (sulfide) groups is 1. The first-order valence-electron chi connectivity index (χ1n) is 4.19. The van der Waals surface area contributed by atoms with Crippen molar-refractivity contribution in [1.29, 1.82) is 0 Å². The summed E-state index contributed by atoms with van der Waals surface area (Å²) in [5.41, 5.74) is 2.02. The highest BCUT2D eigenvalue weighted by Gasteiger charge is 2.23. The molecule has 0 aliphatic carbocycles. The summed E-state index contributed by atoms with van der Waals surface area (Å²) in [6, 6.07) is 0. The SMILES string of the molecule is CCCC(C(=O)CSC)C(=O)NN. The molecule has 0 aliphatic heterocycles. The summed E-state index contributed by atoms with van der Waals surface area (Å²) >= 11 is 1.42. The Hall–Kier alpha value is -0.550. The number of hydrogen-bond acceptors (Lipinski definition) is 4. The van der Waals surface area contributed by atoms with Crippen LogP contribution in [-0.2, 0) is 9.59 Å². The first-order chi connectivity index (χ1) is 6.17. The second-order valence-corrected chi connectivity index (χ2v) is 3.62. The second-order valence-electron chi connectivity index (χ2n) is 2.75. The highest BCUT2D eigenvalue weighted by atomic mass is 32.2. The molecule has 0 saturated heterocycles. The van der Waals surface area contributed by atoms with E-state index in [0.717, 1.165) is 6.42 Å². The fraction of sp³-hybridized carbons (Fsp3) is 0.750. The number of carbonyl (C=O) groups is 2. The minimum Gasteiger partial charge on any atom is -0.298 e. The van der Waals surface area contributed by atoms with Gasteiger partial charge >= 0.3 is 0 Å². The summed E-state index contributed by atoms with van der Waals surface area (Å²) in [5, 5.41) is 0. The lowest BCUT2D eigenvalue weighted by Gasteiger charge is -2.11. The van der Waals surface area contributed by atoms with Crippen LogP contribution in [0.3, 0.4) is 0 Å². The van der Waals surface area contributed by atoms with Crippen molar-refractivity contribution in [3.63, 3.8) is 0 Å². The van der Waals surface area contributed by atoms with E-state index in [1.165, 1.54) is 11.8 Å². The van der Waals surface area contributed by atoms with Gasteiger partial charge in [-0.1, -0.05) is 13.3 Å². The molecule has 1 atom stereocenters. The molecule has 1 amide bonds. The molecule has 0 rings (SSSR count). The smallest absolute Gasteiger partial charge is 0.244 e. The number of Topliss-reactive ketones (excluding diaryl/α,β-unsaturated/α-hetero) is 1. The van der Waals surface area contributed by atoms with E-state index in [4.69, 9.17) is 5.84 Å². The molecule has 0 aromatic heterocycles. The number of amides is 1. The average molecular weight is 204 g/mol. The van der Waals surface area contributed by atoms with Gasteiger partial charge in [0.2, 0.25) is 5.91 Å². The average Bonchev–Trinajstić information content (AvgIpc) is 2.13. The van der Waals surface area contributed by atoms with Crippen molar-refractivity contribution in [2.45, 2.75) is 19.8 Å². The predicted octanol–water partition coefficient (Wildman–Crippen LogP) is 0.325. The zero-order valence-electron chi connectivity index (χ0n) is 8.00. The molecule has 5 heteroatoms. The third-order valence-electron chi connectivity index (χ3n) is 1.71. The van der Waals surface area contributed by atoms with E-state index in [-0.39, 0.29) is 11.7 Å². The van der Waals surface area contributed by atoms with Crippen LogP contribution >= 0.6 is 11.8 Å². The molecule has 13 heavy (non-hydrogen) atoms. The van der Waals surface area contributed by atoms with Crippen molar-refractivity contribution in [2.24, 2.45) is 11.8 Å². The van der Waals surface area contributed by atoms with Crippen LogP contribution in [0.1, 0.15) is 19.8 Å². The Balaban J connectivity index is 4.22. The molecule has 0 spiro atoms. The number of nitrogens with one attached hydrogen (secondary N) is 1. The predicted molar refractivity (Wildman–Crippen MR) is 54.1 cm³/mol. The standard InChI is InChI=1S/C8H16N2O2S/c1-3-4-6(8(12)10-9)7(11)5-13-2/h6H,3-5,9H2,1-2H3,(H,10,12). The minimum atomic E-state index is -0.567. The Morgan fingerprint density at radius 1 is 1.54 bits per heavy atom. The highest BCUT2D eigenvalue weighted by Crippen LogP contribution is 2.10. The van der Waals surface area contributed by atoms with Crippen LogP contribution < -0.4 is 11.3 Å². The number of hydrazine groups is 1. The van der Waals surface area contributed by atoms with E-state index in [2.05, 4.69) is 0 Å². The third-order valence-corrected chi connectivity index (χ3v) is 2.28. The van der Waals surface area contributed by atoms with Crippen molar-refractivity contribution < 1.29 is 9.59 Å². The molecular formula is C8H16N2O2S. The highest BCUT2D eigenvalue weighted by molar-refractivity contribution is 7.99. The monoisotopic (exact) mass is 204 g/mol. The van der Waals surface area contributed by atoms with Crippen molar-refractivity contribution in [3.8, 4) is 0 Å². The zero-order valence-corrected chi connectivity index (χ0v) is 8.82. The molecular weight excluding hydrogens is 188 g/mol. The number of carbonyl (C=O) groups excluding carboxylic acids is 2. The van der Waals surface area contributed by atoms with Gasteiger partial charge in [-0.25, -0.2) is 5.84 Å². The van der Waals surface area contributed by atoms with Crippen molar-refractivity contribution in [2.75, 3.05) is 12.0 Å². The van der Waals surface area contributed by atoms with E-state index < -0.39 is 5.92 Å². The molecule has 76 valence electrons. The van der Waals surface area contributed by atoms with Crippen molar-refractivity contribution in [1.82, 2.24) is 5.43 Å². The Bertz CT molecular complexity index is 185. The van der Waals surface area contributed by atoms with Gasteiger partial charge in [-0.3, -0.25) is 15.0 Å². The molecule has 0 saturated carbocycles. The third kappa shape index (κ3) is 4.28. The van der Waals surface area contributed by atoms with Gasteiger partial charge in [-0.2, -0.15) is 11.8 Å². The van der Waals surface area contributed by atoms with Crippen LogP contribution in [0.4, 0.5) is 0 Å². The van der Waals surface area contributed by atoms with Gasteiger partial charge < -0.3 is 0 Å².